The van der Waals surface area contributed by atoms with Crippen molar-refractivity contribution in [2.75, 3.05) is 6.54 Å². The molecule has 2 aromatic carbocycles. The van der Waals surface area contributed by atoms with Gasteiger partial charge in [-0.05, 0) is 30.5 Å². The van der Waals surface area contributed by atoms with Crippen LogP contribution in [0.25, 0.3) is 0 Å². The van der Waals surface area contributed by atoms with E-state index in [1.165, 1.54) is 0 Å². The van der Waals surface area contributed by atoms with E-state index in [9.17, 15) is 5.11 Å². The molecule has 2 aromatic rings. The molecule has 6 nitrogen and oxygen atoms in total. The SMILES string of the molecule is CC(=O)O.O[C@@H]1C[C@H]2NCC[C@H]2[C@H](OCc2ccccc2)[C@@H]1OCc1ccccc1. The van der Waals surface area contributed by atoms with Crippen LogP contribution in [0.4, 0.5) is 0 Å². The second-order valence-electron chi connectivity index (χ2n) is 7.86. The molecular formula is C24H31NO5. The van der Waals surface area contributed by atoms with Crippen molar-refractivity contribution >= 4 is 5.97 Å². The highest BCUT2D eigenvalue weighted by atomic mass is 16.5. The summed E-state index contributed by atoms with van der Waals surface area (Å²) < 4.78 is 12.5. The van der Waals surface area contributed by atoms with Crippen LogP contribution in [0.5, 0.6) is 0 Å². The zero-order valence-corrected chi connectivity index (χ0v) is 17.3. The molecule has 0 radical (unpaired) electrons. The molecule has 0 unspecified atom stereocenters. The van der Waals surface area contributed by atoms with Crippen LogP contribution >= 0.6 is 0 Å². The summed E-state index contributed by atoms with van der Waals surface area (Å²) in [5.74, 6) is -0.442. The van der Waals surface area contributed by atoms with Gasteiger partial charge in [0.05, 0.1) is 25.4 Å². The van der Waals surface area contributed by atoms with E-state index in [1.807, 2.05) is 36.4 Å². The Kier molecular flexibility index (Phi) is 8.39. The molecule has 0 bridgehead atoms. The van der Waals surface area contributed by atoms with Gasteiger partial charge >= 0.3 is 0 Å². The second-order valence-corrected chi connectivity index (χ2v) is 7.86. The van der Waals surface area contributed by atoms with Crippen LogP contribution in [-0.2, 0) is 27.5 Å². The topological polar surface area (TPSA) is 88.0 Å². The first-order valence-electron chi connectivity index (χ1n) is 10.5. The summed E-state index contributed by atoms with van der Waals surface area (Å²) in [4.78, 5) is 9.00. The number of carboxylic acids is 1. The number of aliphatic hydroxyl groups excluding tert-OH is 1. The monoisotopic (exact) mass is 413 g/mol. The van der Waals surface area contributed by atoms with Gasteiger partial charge in [0.15, 0.2) is 0 Å². The number of ether oxygens (including phenoxy) is 2. The van der Waals surface area contributed by atoms with E-state index in [1.54, 1.807) is 0 Å². The molecule has 1 saturated carbocycles. The Morgan fingerprint density at radius 2 is 1.47 bits per heavy atom. The lowest BCUT2D eigenvalue weighted by Crippen LogP contribution is -2.55. The fraction of sp³-hybridized carbons (Fsp3) is 0.458. The Bertz CT molecular complexity index is 766. The molecule has 1 heterocycles. The number of fused-ring (bicyclic) bond motifs is 1. The predicted molar refractivity (Wildman–Crippen MR) is 114 cm³/mol. The van der Waals surface area contributed by atoms with Crippen molar-refractivity contribution in [1.29, 1.82) is 0 Å². The zero-order valence-electron chi connectivity index (χ0n) is 17.3. The van der Waals surface area contributed by atoms with Crippen molar-refractivity contribution in [2.24, 2.45) is 5.92 Å². The number of aliphatic hydroxyl groups is 1. The van der Waals surface area contributed by atoms with Crippen molar-refractivity contribution in [3.05, 3.63) is 71.8 Å². The van der Waals surface area contributed by atoms with E-state index in [4.69, 9.17) is 19.4 Å². The molecule has 4 rings (SSSR count). The third-order valence-electron chi connectivity index (χ3n) is 5.59. The molecule has 0 spiro atoms. The van der Waals surface area contributed by atoms with Gasteiger partial charge in [0, 0.05) is 18.9 Å². The Hall–Kier alpha value is -2.25. The lowest BCUT2D eigenvalue weighted by molar-refractivity contribution is -0.173. The highest BCUT2D eigenvalue weighted by Gasteiger charge is 2.47. The molecule has 0 amide bonds. The first-order valence-corrected chi connectivity index (χ1v) is 10.5. The maximum absolute atomic E-state index is 10.7. The van der Waals surface area contributed by atoms with Gasteiger partial charge in [-0.1, -0.05) is 60.7 Å². The summed E-state index contributed by atoms with van der Waals surface area (Å²) in [6.07, 6.45) is 0.909. The highest BCUT2D eigenvalue weighted by molar-refractivity contribution is 5.62. The number of hydrogen-bond donors (Lipinski definition) is 3. The number of rotatable bonds is 6. The normalized spacial score (nSPS) is 27.6. The van der Waals surface area contributed by atoms with Crippen molar-refractivity contribution in [1.82, 2.24) is 5.32 Å². The van der Waals surface area contributed by atoms with Crippen LogP contribution in [0.3, 0.4) is 0 Å². The summed E-state index contributed by atoms with van der Waals surface area (Å²) in [5.41, 5.74) is 2.27. The van der Waals surface area contributed by atoms with Crippen molar-refractivity contribution in [2.45, 2.75) is 57.3 Å². The summed E-state index contributed by atoms with van der Waals surface area (Å²) >= 11 is 0. The van der Waals surface area contributed by atoms with Crippen LogP contribution in [-0.4, -0.2) is 47.1 Å². The van der Waals surface area contributed by atoms with Crippen LogP contribution in [0.15, 0.2) is 60.7 Å². The van der Waals surface area contributed by atoms with E-state index in [-0.39, 0.29) is 12.2 Å². The minimum atomic E-state index is -0.833. The van der Waals surface area contributed by atoms with Gasteiger partial charge in [0.25, 0.3) is 5.97 Å². The number of nitrogens with one attached hydrogen (secondary N) is 1. The number of hydrogen-bond acceptors (Lipinski definition) is 5. The quantitative estimate of drug-likeness (QED) is 0.675. The summed E-state index contributed by atoms with van der Waals surface area (Å²) in [5, 5.41) is 21.6. The smallest absolute Gasteiger partial charge is 0.300 e. The second kappa shape index (κ2) is 11.2. The van der Waals surface area contributed by atoms with Crippen molar-refractivity contribution in [3.8, 4) is 0 Å². The van der Waals surface area contributed by atoms with Gasteiger partial charge in [-0.2, -0.15) is 0 Å². The van der Waals surface area contributed by atoms with Gasteiger partial charge < -0.3 is 25.0 Å². The van der Waals surface area contributed by atoms with Gasteiger partial charge in [-0.25, -0.2) is 0 Å². The summed E-state index contributed by atoms with van der Waals surface area (Å²) in [7, 11) is 0. The third-order valence-corrected chi connectivity index (χ3v) is 5.59. The number of carbonyl (C=O) groups is 1. The van der Waals surface area contributed by atoms with Gasteiger partial charge in [-0.3, -0.25) is 4.79 Å². The first-order chi connectivity index (χ1) is 14.5. The average Bonchev–Trinajstić information content (AvgIpc) is 3.20. The molecule has 30 heavy (non-hydrogen) atoms. The van der Waals surface area contributed by atoms with Crippen LogP contribution in [0.2, 0.25) is 0 Å². The summed E-state index contributed by atoms with van der Waals surface area (Å²) in [6, 6.07) is 20.7. The average molecular weight is 414 g/mol. The van der Waals surface area contributed by atoms with E-state index in [2.05, 4.69) is 29.6 Å². The van der Waals surface area contributed by atoms with Gasteiger partial charge in [-0.15, -0.1) is 0 Å². The van der Waals surface area contributed by atoms with Crippen LogP contribution in [0.1, 0.15) is 30.9 Å². The molecule has 0 aromatic heterocycles. The fourth-order valence-electron chi connectivity index (χ4n) is 4.25. The van der Waals surface area contributed by atoms with E-state index >= 15 is 0 Å². The lowest BCUT2D eigenvalue weighted by Gasteiger charge is -2.42. The van der Waals surface area contributed by atoms with E-state index in [0.29, 0.717) is 25.2 Å². The Labute approximate surface area is 177 Å². The molecule has 6 heteroatoms. The highest BCUT2D eigenvalue weighted by Crippen LogP contribution is 2.36. The molecule has 1 saturated heterocycles. The minimum absolute atomic E-state index is 0.0948. The molecule has 162 valence electrons. The zero-order chi connectivity index (χ0) is 21.3. The molecule has 1 aliphatic carbocycles. The Morgan fingerprint density at radius 1 is 0.967 bits per heavy atom. The van der Waals surface area contributed by atoms with Crippen LogP contribution < -0.4 is 5.32 Å². The summed E-state index contributed by atoms with van der Waals surface area (Å²) in [6.45, 7) is 3.11. The number of aliphatic carboxylic acids is 1. The van der Waals surface area contributed by atoms with Crippen molar-refractivity contribution < 1.29 is 24.5 Å². The molecule has 2 fully saturated rings. The van der Waals surface area contributed by atoms with Crippen molar-refractivity contribution in [3.63, 3.8) is 0 Å². The fourth-order valence-corrected chi connectivity index (χ4v) is 4.25. The molecular weight excluding hydrogens is 382 g/mol. The maximum Gasteiger partial charge on any atom is 0.300 e. The molecule has 3 N–H and O–H groups in total. The molecule has 1 aliphatic heterocycles. The third kappa shape index (κ3) is 6.37. The Morgan fingerprint density at radius 3 is 2.00 bits per heavy atom. The van der Waals surface area contributed by atoms with Crippen LogP contribution in [0, 0.1) is 5.92 Å². The standard InChI is InChI=1S/C22H27NO3.C2H4O2/c24-20-13-19-18(11-12-23-19)21(25-14-16-7-3-1-4-8-16)22(20)26-15-17-9-5-2-6-10-17;1-2(3)4/h1-10,18-24H,11-15H2;1H3,(H,3,4)/t18-,19-,20-,21+,22-;/m1./s1. The minimum Gasteiger partial charge on any atom is -0.481 e. The van der Waals surface area contributed by atoms with E-state index < -0.39 is 12.1 Å². The number of carboxylic acid groups (broad SMARTS) is 1. The van der Waals surface area contributed by atoms with Gasteiger partial charge in [0.2, 0.25) is 0 Å². The largest absolute Gasteiger partial charge is 0.481 e. The maximum atomic E-state index is 10.7. The Balaban J connectivity index is 0.000000589. The van der Waals surface area contributed by atoms with Gasteiger partial charge in [0.1, 0.15) is 6.10 Å². The number of benzene rings is 2. The lowest BCUT2D eigenvalue weighted by atomic mass is 9.79. The predicted octanol–water partition coefficient (Wildman–Crippen LogP) is 2.99. The molecule has 5 atom stereocenters. The van der Waals surface area contributed by atoms with E-state index in [0.717, 1.165) is 37.4 Å². The first kappa shape index (κ1) is 22.4. The molecule has 2 aliphatic rings.